The molecule has 0 aliphatic rings. The van der Waals surface area contributed by atoms with E-state index in [4.69, 9.17) is 16.3 Å². The van der Waals surface area contributed by atoms with E-state index in [0.717, 1.165) is 11.1 Å². The summed E-state index contributed by atoms with van der Waals surface area (Å²) in [6.45, 7) is 3.62. The zero-order chi connectivity index (χ0) is 24.5. The molecule has 0 heterocycles. The Labute approximate surface area is 202 Å². The number of nitrogens with zero attached hydrogens (tertiary/aromatic N) is 1. The fourth-order valence-corrected chi connectivity index (χ4v) is 2.92. The molecule has 9 heteroatoms. The first-order valence-electron chi connectivity index (χ1n) is 10.3. The molecule has 0 spiro atoms. The number of amides is 3. The van der Waals surface area contributed by atoms with Crippen LogP contribution in [0.15, 0.2) is 71.8 Å². The lowest BCUT2D eigenvalue weighted by Gasteiger charge is -2.08. The Bertz CT molecular complexity index is 1230. The molecule has 0 radical (unpaired) electrons. The number of rotatable bonds is 7. The molecule has 0 unspecified atom stereocenters. The minimum absolute atomic E-state index is 0.172. The summed E-state index contributed by atoms with van der Waals surface area (Å²) in [6, 6.07) is 19.1. The Hall–Kier alpha value is -4.17. The first kappa shape index (κ1) is 24.5. The van der Waals surface area contributed by atoms with Crippen LogP contribution < -0.4 is 20.8 Å². The van der Waals surface area contributed by atoms with Gasteiger partial charge in [0.05, 0.1) is 6.21 Å². The van der Waals surface area contributed by atoms with Crippen molar-refractivity contribution in [2.24, 2.45) is 5.10 Å². The lowest BCUT2D eigenvalue weighted by Crippen LogP contribution is -2.32. The predicted octanol–water partition coefficient (Wildman–Crippen LogP) is 4.06. The van der Waals surface area contributed by atoms with E-state index in [1.807, 2.05) is 38.1 Å². The monoisotopic (exact) mass is 478 g/mol. The van der Waals surface area contributed by atoms with Crippen LogP contribution in [0, 0.1) is 13.8 Å². The molecule has 3 aromatic rings. The number of nitrogens with one attached hydrogen (secondary N) is 3. The van der Waals surface area contributed by atoms with Crippen LogP contribution in [0.1, 0.15) is 16.7 Å². The molecule has 0 atom stereocenters. The molecule has 0 aliphatic carbocycles. The maximum absolute atomic E-state index is 12.1. The number of aryl methyl sites for hydroxylation is 2. The van der Waals surface area contributed by atoms with Crippen molar-refractivity contribution >= 4 is 46.9 Å². The highest BCUT2D eigenvalue weighted by atomic mass is 35.5. The number of benzene rings is 3. The smallest absolute Gasteiger partial charge is 0.329 e. The van der Waals surface area contributed by atoms with E-state index >= 15 is 0 Å². The molecule has 3 aromatic carbocycles. The molecule has 8 nitrogen and oxygen atoms in total. The number of carbonyl (C=O) groups is 3. The Morgan fingerprint density at radius 1 is 0.912 bits per heavy atom. The van der Waals surface area contributed by atoms with Crippen LogP contribution in [0.2, 0.25) is 5.02 Å². The van der Waals surface area contributed by atoms with Crippen LogP contribution in [0.25, 0.3) is 0 Å². The van der Waals surface area contributed by atoms with E-state index in [1.54, 1.807) is 42.5 Å². The summed E-state index contributed by atoms with van der Waals surface area (Å²) in [5.41, 5.74) is 5.79. The van der Waals surface area contributed by atoms with Crippen LogP contribution >= 0.6 is 11.6 Å². The topological polar surface area (TPSA) is 109 Å². The van der Waals surface area contributed by atoms with Crippen molar-refractivity contribution < 1.29 is 19.1 Å². The van der Waals surface area contributed by atoms with E-state index in [2.05, 4.69) is 21.2 Å². The Morgan fingerprint density at radius 3 is 2.38 bits per heavy atom. The molecule has 174 valence electrons. The minimum Gasteiger partial charge on any atom is -0.484 e. The summed E-state index contributed by atoms with van der Waals surface area (Å²) in [6.07, 6.45) is 1.35. The fraction of sp³-hybridized carbons (Fsp3) is 0.120. The van der Waals surface area contributed by atoms with Crippen LogP contribution in [-0.4, -0.2) is 30.5 Å². The zero-order valence-corrected chi connectivity index (χ0v) is 19.3. The van der Waals surface area contributed by atoms with Crippen molar-refractivity contribution in [1.29, 1.82) is 0 Å². The van der Waals surface area contributed by atoms with E-state index in [0.29, 0.717) is 27.7 Å². The van der Waals surface area contributed by atoms with E-state index < -0.39 is 11.8 Å². The van der Waals surface area contributed by atoms with Gasteiger partial charge in [-0.25, -0.2) is 5.43 Å². The SMILES string of the molecule is Cc1ccc(NC(=O)COc2cccc(/C=N\NC(=O)C(=O)Nc3ccc(C)c(Cl)c3)c2)cc1. The number of anilines is 2. The van der Waals surface area contributed by atoms with Gasteiger partial charge in [0.2, 0.25) is 0 Å². The number of halogens is 1. The van der Waals surface area contributed by atoms with Crippen molar-refractivity contribution in [2.75, 3.05) is 17.2 Å². The zero-order valence-electron chi connectivity index (χ0n) is 18.6. The third-order valence-corrected chi connectivity index (χ3v) is 4.99. The third kappa shape index (κ3) is 7.46. The Balaban J connectivity index is 1.48. The summed E-state index contributed by atoms with van der Waals surface area (Å²) in [5, 5.41) is 9.47. The van der Waals surface area contributed by atoms with Crippen LogP contribution in [0.4, 0.5) is 11.4 Å². The Kier molecular flexibility index (Phi) is 8.37. The summed E-state index contributed by atoms with van der Waals surface area (Å²) in [7, 11) is 0. The van der Waals surface area contributed by atoms with Gasteiger partial charge in [-0.15, -0.1) is 0 Å². The molecule has 0 bridgehead atoms. The highest BCUT2D eigenvalue weighted by Crippen LogP contribution is 2.19. The molecule has 0 saturated heterocycles. The highest BCUT2D eigenvalue weighted by Gasteiger charge is 2.13. The second kappa shape index (κ2) is 11.6. The third-order valence-electron chi connectivity index (χ3n) is 4.58. The number of hydrazone groups is 1. The number of hydrogen-bond donors (Lipinski definition) is 3. The quantitative estimate of drug-likeness (QED) is 0.270. The fourth-order valence-electron chi connectivity index (χ4n) is 2.74. The molecular weight excluding hydrogens is 456 g/mol. The van der Waals surface area contributed by atoms with Crippen molar-refractivity contribution in [3.63, 3.8) is 0 Å². The van der Waals surface area contributed by atoms with Crippen LogP contribution in [0.3, 0.4) is 0 Å². The van der Waals surface area contributed by atoms with Crippen LogP contribution in [0.5, 0.6) is 5.75 Å². The standard InChI is InChI=1S/C25H23ClN4O4/c1-16-6-9-19(10-7-16)28-23(31)15-34-21-5-3-4-18(12-21)14-27-30-25(33)24(32)29-20-11-8-17(2)22(26)13-20/h3-14H,15H2,1-2H3,(H,28,31)(H,29,32)(H,30,33)/b27-14-. The summed E-state index contributed by atoms with van der Waals surface area (Å²) < 4.78 is 5.52. The van der Waals surface area contributed by atoms with Gasteiger partial charge < -0.3 is 15.4 Å². The van der Waals surface area contributed by atoms with Gasteiger partial charge in [0.25, 0.3) is 5.91 Å². The van der Waals surface area contributed by atoms with Gasteiger partial charge in [-0.05, 0) is 61.4 Å². The average Bonchev–Trinajstić information content (AvgIpc) is 2.82. The predicted molar refractivity (Wildman–Crippen MR) is 132 cm³/mol. The van der Waals surface area contributed by atoms with E-state index in [1.165, 1.54) is 6.21 Å². The number of ether oxygens (including phenoxy) is 1. The van der Waals surface area contributed by atoms with Crippen molar-refractivity contribution in [2.45, 2.75) is 13.8 Å². The summed E-state index contributed by atoms with van der Waals surface area (Å²) >= 11 is 6.01. The molecule has 0 aromatic heterocycles. The largest absolute Gasteiger partial charge is 0.484 e. The lowest BCUT2D eigenvalue weighted by molar-refractivity contribution is -0.136. The van der Waals surface area contributed by atoms with E-state index in [-0.39, 0.29) is 12.5 Å². The Morgan fingerprint density at radius 2 is 1.65 bits per heavy atom. The minimum atomic E-state index is -0.937. The van der Waals surface area contributed by atoms with Gasteiger partial charge in [-0.3, -0.25) is 14.4 Å². The van der Waals surface area contributed by atoms with Gasteiger partial charge in [-0.2, -0.15) is 5.10 Å². The molecular formula is C25H23ClN4O4. The maximum Gasteiger partial charge on any atom is 0.329 e. The maximum atomic E-state index is 12.1. The van der Waals surface area contributed by atoms with Crippen molar-refractivity contribution in [1.82, 2.24) is 5.43 Å². The summed E-state index contributed by atoms with van der Waals surface area (Å²) in [5.74, 6) is -1.67. The molecule has 0 aliphatic heterocycles. The molecule has 3 N–H and O–H groups in total. The summed E-state index contributed by atoms with van der Waals surface area (Å²) in [4.78, 5) is 36.0. The van der Waals surface area contributed by atoms with Gasteiger partial charge in [0.1, 0.15) is 5.75 Å². The lowest BCUT2D eigenvalue weighted by atomic mass is 10.2. The van der Waals surface area contributed by atoms with Gasteiger partial charge in [0, 0.05) is 16.4 Å². The molecule has 0 fully saturated rings. The van der Waals surface area contributed by atoms with Crippen molar-refractivity contribution in [3.8, 4) is 5.75 Å². The second-order valence-corrected chi connectivity index (χ2v) is 7.80. The highest BCUT2D eigenvalue weighted by molar-refractivity contribution is 6.39. The average molecular weight is 479 g/mol. The van der Waals surface area contributed by atoms with Gasteiger partial charge in [-0.1, -0.05) is 47.5 Å². The first-order chi connectivity index (χ1) is 16.3. The second-order valence-electron chi connectivity index (χ2n) is 7.39. The molecule has 3 amide bonds. The molecule has 34 heavy (non-hydrogen) atoms. The number of carbonyl (C=O) groups excluding carboxylic acids is 3. The van der Waals surface area contributed by atoms with E-state index in [9.17, 15) is 14.4 Å². The first-order valence-corrected chi connectivity index (χ1v) is 10.7. The van der Waals surface area contributed by atoms with Gasteiger partial charge >= 0.3 is 11.8 Å². The van der Waals surface area contributed by atoms with Crippen molar-refractivity contribution in [3.05, 3.63) is 88.4 Å². The van der Waals surface area contributed by atoms with Crippen LogP contribution in [-0.2, 0) is 14.4 Å². The normalized spacial score (nSPS) is 10.6. The molecule has 0 saturated carbocycles. The molecule has 3 rings (SSSR count). The van der Waals surface area contributed by atoms with Gasteiger partial charge in [0.15, 0.2) is 6.61 Å². The number of hydrogen-bond acceptors (Lipinski definition) is 5.